The maximum Gasteiger partial charge on any atom is 0.327 e. The smallest absolute Gasteiger partial charge is 0.327 e. The van der Waals surface area contributed by atoms with Crippen LogP contribution in [0.15, 0.2) is 34.9 Å². The topological polar surface area (TPSA) is 97.1 Å². The van der Waals surface area contributed by atoms with Crippen molar-refractivity contribution in [2.75, 3.05) is 5.32 Å². The van der Waals surface area contributed by atoms with Crippen LogP contribution in [-0.4, -0.2) is 32.0 Å². The first-order chi connectivity index (χ1) is 9.04. The highest BCUT2D eigenvalue weighted by Crippen LogP contribution is 2.12. The van der Waals surface area contributed by atoms with Crippen molar-refractivity contribution in [2.45, 2.75) is 6.54 Å². The van der Waals surface area contributed by atoms with Gasteiger partial charge in [-0.05, 0) is 18.2 Å². The first-order valence-electron chi connectivity index (χ1n) is 5.23. The fraction of sp³-hybridized carbons (Fsp3) is 0.0909. The lowest BCUT2D eigenvalue weighted by Gasteiger charge is -2.01. The zero-order valence-corrected chi connectivity index (χ0v) is 11.2. The number of halogens is 1. The molecule has 8 heteroatoms. The second-order valence-electron chi connectivity index (χ2n) is 3.62. The lowest BCUT2D eigenvalue weighted by molar-refractivity contribution is -0.138. The minimum absolute atomic E-state index is 0.200. The quantitative estimate of drug-likeness (QED) is 0.885. The van der Waals surface area contributed by atoms with E-state index in [4.69, 9.17) is 5.11 Å². The van der Waals surface area contributed by atoms with Gasteiger partial charge >= 0.3 is 5.97 Å². The summed E-state index contributed by atoms with van der Waals surface area (Å²) < 4.78 is 0.787. The predicted molar refractivity (Wildman–Crippen MR) is 69.8 cm³/mol. The van der Waals surface area contributed by atoms with Crippen LogP contribution in [-0.2, 0) is 11.3 Å². The number of nitrogens with one attached hydrogen (secondary N) is 1. The van der Waals surface area contributed by atoms with Crippen LogP contribution < -0.4 is 5.32 Å². The van der Waals surface area contributed by atoms with Gasteiger partial charge in [0.05, 0.1) is 6.20 Å². The molecule has 0 fully saturated rings. The van der Waals surface area contributed by atoms with E-state index in [9.17, 15) is 9.59 Å². The van der Waals surface area contributed by atoms with E-state index >= 15 is 0 Å². The third-order valence-corrected chi connectivity index (χ3v) is 2.63. The summed E-state index contributed by atoms with van der Waals surface area (Å²) in [7, 11) is 0. The van der Waals surface area contributed by atoms with Crippen LogP contribution in [0.3, 0.4) is 0 Å². The number of aromatic nitrogens is 3. The average Bonchev–Trinajstić information content (AvgIpc) is 2.75. The summed E-state index contributed by atoms with van der Waals surface area (Å²) in [4.78, 5) is 23.3. The minimum atomic E-state index is -1.06. The van der Waals surface area contributed by atoms with Crippen molar-refractivity contribution < 1.29 is 14.7 Å². The normalized spacial score (nSPS) is 10.2. The maximum absolute atomic E-state index is 11.9. The van der Waals surface area contributed by atoms with E-state index in [-0.39, 0.29) is 18.3 Å². The number of nitrogens with zero attached hydrogens (tertiary/aromatic N) is 3. The Bertz CT molecular complexity index is 626. The number of benzene rings is 1. The van der Waals surface area contributed by atoms with Crippen molar-refractivity contribution >= 4 is 33.6 Å². The molecule has 0 aliphatic rings. The first kappa shape index (κ1) is 13.2. The summed E-state index contributed by atoms with van der Waals surface area (Å²) >= 11 is 3.27. The number of carbonyl (C=O) groups is 2. The number of carbonyl (C=O) groups excluding carboxylic acids is 1. The molecule has 7 nitrogen and oxygen atoms in total. The van der Waals surface area contributed by atoms with E-state index in [1.807, 2.05) is 0 Å². The Balaban J connectivity index is 2.06. The van der Waals surface area contributed by atoms with Crippen LogP contribution in [0.5, 0.6) is 0 Å². The molecule has 19 heavy (non-hydrogen) atoms. The number of carboxylic acids is 1. The largest absolute Gasteiger partial charge is 0.480 e. The van der Waals surface area contributed by atoms with Crippen molar-refractivity contribution in [3.05, 3.63) is 40.5 Å². The number of rotatable bonds is 4. The van der Waals surface area contributed by atoms with Gasteiger partial charge in [-0.15, -0.1) is 5.10 Å². The summed E-state index contributed by atoms with van der Waals surface area (Å²) in [5.74, 6) is -1.20. The molecule has 0 saturated carbocycles. The van der Waals surface area contributed by atoms with Crippen molar-refractivity contribution in [3.8, 4) is 0 Å². The van der Waals surface area contributed by atoms with Crippen LogP contribution in [0.1, 0.15) is 10.4 Å². The average molecular weight is 325 g/mol. The van der Waals surface area contributed by atoms with E-state index in [2.05, 4.69) is 31.4 Å². The van der Waals surface area contributed by atoms with Crippen LogP contribution in [0, 0.1) is 0 Å². The number of hydrogen-bond acceptors (Lipinski definition) is 4. The molecule has 1 heterocycles. The van der Waals surface area contributed by atoms with E-state index in [1.165, 1.54) is 6.20 Å². The molecule has 1 aromatic heterocycles. The number of hydrogen-bond donors (Lipinski definition) is 2. The van der Waals surface area contributed by atoms with Crippen molar-refractivity contribution in [2.24, 2.45) is 0 Å². The number of anilines is 1. The molecule has 0 unspecified atom stereocenters. The van der Waals surface area contributed by atoms with Gasteiger partial charge in [0, 0.05) is 10.0 Å². The van der Waals surface area contributed by atoms with E-state index in [0.717, 1.165) is 9.27 Å². The molecule has 0 bridgehead atoms. The first-order valence-corrected chi connectivity index (χ1v) is 6.03. The van der Waals surface area contributed by atoms with Crippen molar-refractivity contribution in [1.82, 2.24) is 15.0 Å². The van der Waals surface area contributed by atoms with Gasteiger partial charge in [0.25, 0.3) is 5.91 Å². The van der Waals surface area contributed by atoms with Gasteiger partial charge in [0.15, 0.2) is 12.4 Å². The van der Waals surface area contributed by atoms with E-state index in [0.29, 0.717) is 5.56 Å². The van der Waals surface area contributed by atoms with Gasteiger partial charge in [-0.2, -0.15) is 9.90 Å². The Morgan fingerprint density at radius 2 is 2.21 bits per heavy atom. The van der Waals surface area contributed by atoms with Crippen LogP contribution in [0.25, 0.3) is 0 Å². The molecular formula is C11H9BrN4O3. The maximum atomic E-state index is 11.9. The molecule has 0 saturated heterocycles. The molecule has 0 atom stereocenters. The number of carboxylic acid groups (broad SMARTS) is 1. The van der Waals surface area contributed by atoms with Gasteiger partial charge in [0.1, 0.15) is 0 Å². The standard InChI is InChI=1S/C11H9BrN4O3/c12-8-3-1-2-7(4-8)11(19)14-9-5-13-16(15-9)6-10(17)18/h1-5H,6H2,(H,17,18)(H,14,15,19). The highest BCUT2D eigenvalue weighted by molar-refractivity contribution is 9.10. The molecule has 0 aliphatic heterocycles. The Hall–Kier alpha value is -2.22. The fourth-order valence-electron chi connectivity index (χ4n) is 1.37. The molecule has 1 amide bonds. The van der Waals surface area contributed by atoms with Crippen molar-refractivity contribution in [3.63, 3.8) is 0 Å². The highest BCUT2D eigenvalue weighted by Gasteiger charge is 2.09. The zero-order valence-electron chi connectivity index (χ0n) is 9.58. The Morgan fingerprint density at radius 3 is 2.89 bits per heavy atom. The van der Waals surface area contributed by atoms with E-state index in [1.54, 1.807) is 24.3 Å². The molecule has 1 aromatic carbocycles. The summed E-state index contributed by atoms with van der Waals surface area (Å²) in [6.45, 7) is -0.354. The third kappa shape index (κ3) is 3.62. The molecule has 0 radical (unpaired) electrons. The molecule has 98 valence electrons. The second-order valence-corrected chi connectivity index (χ2v) is 4.53. The summed E-state index contributed by atoms with van der Waals surface area (Å²) in [6.07, 6.45) is 1.29. The lowest BCUT2D eigenvalue weighted by atomic mass is 10.2. The number of aliphatic carboxylic acids is 1. The predicted octanol–water partition coefficient (Wildman–Crippen LogP) is 1.38. The van der Waals surface area contributed by atoms with Crippen LogP contribution in [0.2, 0.25) is 0 Å². The highest BCUT2D eigenvalue weighted by atomic mass is 79.9. The molecule has 0 spiro atoms. The second kappa shape index (κ2) is 5.61. The lowest BCUT2D eigenvalue weighted by Crippen LogP contribution is -2.14. The molecule has 2 rings (SSSR count). The van der Waals surface area contributed by atoms with Gasteiger partial charge in [-0.1, -0.05) is 22.0 Å². The fourth-order valence-corrected chi connectivity index (χ4v) is 1.77. The summed E-state index contributed by atoms with van der Waals surface area (Å²) in [6, 6.07) is 6.86. The van der Waals surface area contributed by atoms with Crippen LogP contribution in [0.4, 0.5) is 5.82 Å². The molecule has 2 N–H and O–H groups in total. The summed E-state index contributed by atoms with van der Waals surface area (Å²) in [5, 5.41) is 18.6. The minimum Gasteiger partial charge on any atom is -0.480 e. The third-order valence-electron chi connectivity index (χ3n) is 2.14. The van der Waals surface area contributed by atoms with Gasteiger partial charge < -0.3 is 10.4 Å². The molecule has 0 aliphatic carbocycles. The molecular weight excluding hydrogens is 316 g/mol. The van der Waals surface area contributed by atoms with Gasteiger partial charge in [0.2, 0.25) is 0 Å². The zero-order chi connectivity index (χ0) is 13.8. The van der Waals surface area contributed by atoms with Gasteiger partial charge in [-0.25, -0.2) is 0 Å². The SMILES string of the molecule is O=C(O)Cn1ncc(NC(=O)c2cccc(Br)c2)n1. The van der Waals surface area contributed by atoms with E-state index < -0.39 is 5.97 Å². The van der Waals surface area contributed by atoms with Crippen molar-refractivity contribution in [1.29, 1.82) is 0 Å². The summed E-state index contributed by atoms with van der Waals surface area (Å²) in [5.41, 5.74) is 0.460. The Kier molecular flexibility index (Phi) is 3.91. The van der Waals surface area contributed by atoms with Crippen LogP contribution >= 0.6 is 15.9 Å². The number of amides is 1. The Morgan fingerprint density at radius 1 is 1.42 bits per heavy atom. The Labute approximate surface area is 116 Å². The molecule has 2 aromatic rings. The van der Waals surface area contributed by atoms with Gasteiger partial charge in [-0.3, -0.25) is 9.59 Å². The monoisotopic (exact) mass is 324 g/mol.